The number of fused-ring (bicyclic) bond motifs is 3. The highest BCUT2D eigenvalue weighted by molar-refractivity contribution is 6.29. The molecule has 0 saturated carbocycles. The number of anilines is 1. The van der Waals surface area contributed by atoms with Gasteiger partial charge in [-0.1, -0.05) is 54.9 Å². The summed E-state index contributed by atoms with van der Waals surface area (Å²) in [4.78, 5) is 22.1. The standard InChI is InChI=1S/C27H25ClN6O/c1-4-8-22(35)25-21(11-12-23(28)31-25)30-17(3)19-13-16(2)14-20-24(19)32-26(18-9-6-5-7-10-18)34-15-29-33-27(20)34/h5-7,9-15,17,30H,4,8H2,1-3H3. The molecule has 0 radical (unpaired) electrons. The average Bonchev–Trinajstić information content (AvgIpc) is 3.35. The number of aromatic nitrogens is 5. The van der Waals surface area contributed by atoms with E-state index in [1.165, 1.54) is 0 Å². The molecule has 0 aliphatic carbocycles. The molecule has 5 aromatic rings. The molecule has 0 amide bonds. The third-order valence-corrected chi connectivity index (χ3v) is 6.20. The van der Waals surface area contributed by atoms with Crippen LogP contribution in [0.2, 0.25) is 5.15 Å². The highest BCUT2D eigenvalue weighted by Gasteiger charge is 2.20. The number of carbonyl (C=O) groups is 1. The van der Waals surface area contributed by atoms with Gasteiger partial charge in [0.05, 0.1) is 17.2 Å². The maximum atomic E-state index is 12.7. The van der Waals surface area contributed by atoms with Crippen LogP contribution in [0.3, 0.4) is 0 Å². The average molecular weight is 485 g/mol. The highest BCUT2D eigenvalue weighted by Crippen LogP contribution is 2.32. The molecule has 5 rings (SSSR count). The zero-order chi connectivity index (χ0) is 24.5. The quantitative estimate of drug-likeness (QED) is 0.211. The fraction of sp³-hybridized carbons (Fsp3) is 0.222. The zero-order valence-corrected chi connectivity index (χ0v) is 20.5. The first-order valence-corrected chi connectivity index (χ1v) is 12.0. The second-order valence-electron chi connectivity index (χ2n) is 8.65. The molecule has 7 nitrogen and oxygen atoms in total. The van der Waals surface area contributed by atoms with E-state index in [2.05, 4.69) is 39.6 Å². The van der Waals surface area contributed by atoms with Crippen molar-refractivity contribution >= 4 is 39.6 Å². The van der Waals surface area contributed by atoms with E-state index < -0.39 is 0 Å². The monoisotopic (exact) mass is 484 g/mol. The number of nitrogens with zero attached hydrogens (tertiary/aromatic N) is 5. The molecule has 3 aromatic heterocycles. The summed E-state index contributed by atoms with van der Waals surface area (Å²) in [5, 5.41) is 13.3. The number of rotatable bonds is 7. The van der Waals surface area contributed by atoms with Crippen molar-refractivity contribution in [3.8, 4) is 11.4 Å². The lowest BCUT2D eigenvalue weighted by molar-refractivity contribution is 0.0977. The van der Waals surface area contributed by atoms with Crippen molar-refractivity contribution < 1.29 is 4.79 Å². The number of hydrogen-bond donors (Lipinski definition) is 1. The second kappa shape index (κ2) is 9.43. The Morgan fingerprint density at radius 3 is 2.69 bits per heavy atom. The smallest absolute Gasteiger partial charge is 0.183 e. The van der Waals surface area contributed by atoms with Gasteiger partial charge in [-0.3, -0.25) is 9.20 Å². The molecule has 1 atom stereocenters. The van der Waals surface area contributed by atoms with Crippen molar-refractivity contribution in [3.63, 3.8) is 0 Å². The fourth-order valence-electron chi connectivity index (χ4n) is 4.38. The molecule has 0 aliphatic heterocycles. The Balaban J connectivity index is 1.66. The number of halogens is 1. The van der Waals surface area contributed by atoms with Gasteiger partial charge in [0.1, 0.15) is 23.0 Å². The van der Waals surface area contributed by atoms with Crippen molar-refractivity contribution in [1.82, 2.24) is 24.6 Å². The van der Waals surface area contributed by atoms with Crippen LogP contribution in [-0.2, 0) is 0 Å². The maximum Gasteiger partial charge on any atom is 0.183 e. The van der Waals surface area contributed by atoms with Gasteiger partial charge in [0.25, 0.3) is 0 Å². The SMILES string of the molecule is CCCC(=O)c1nc(Cl)ccc1NC(C)c1cc(C)cc2c1nc(-c1ccccc1)n1cnnc21. The molecule has 1 N–H and O–H groups in total. The van der Waals surface area contributed by atoms with E-state index >= 15 is 0 Å². The number of aryl methyl sites for hydroxylation is 1. The predicted molar refractivity (Wildman–Crippen MR) is 139 cm³/mol. The Morgan fingerprint density at radius 2 is 1.91 bits per heavy atom. The van der Waals surface area contributed by atoms with E-state index in [1.54, 1.807) is 12.4 Å². The molecule has 0 spiro atoms. The van der Waals surface area contributed by atoms with Crippen LogP contribution < -0.4 is 5.32 Å². The topological polar surface area (TPSA) is 85.1 Å². The van der Waals surface area contributed by atoms with E-state index in [9.17, 15) is 4.79 Å². The number of carbonyl (C=O) groups excluding carboxylic acids is 1. The van der Waals surface area contributed by atoms with Crippen molar-refractivity contribution in [2.75, 3.05) is 5.32 Å². The Bertz CT molecular complexity index is 1550. The Hall–Kier alpha value is -3.84. The van der Waals surface area contributed by atoms with Gasteiger partial charge < -0.3 is 5.32 Å². The third-order valence-electron chi connectivity index (χ3n) is 5.99. The summed E-state index contributed by atoms with van der Waals surface area (Å²) in [6.45, 7) is 6.07. The van der Waals surface area contributed by atoms with Gasteiger partial charge >= 0.3 is 0 Å². The molecule has 1 unspecified atom stereocenters. The van der Waals surface area contributed by atoms with Crippen molar-refractivity contribution in [2.24, 2.45) is 0 Å². The van der Waals surface area contributed by atoms with Crippen LogP contribution in [-0.4, -0.2) is 30.3 Å². The molecule has 8 heteroatoms. The molecule has 0 aliphatic rings. The van der Waals surface area contributed by atoms with Crippen LogP contribution in [0.4, 0.5) is 5.69 Å². The van der Waals surface area contributed by atoms with Crippen LogP contribution in [0.15, 0.2) is 60.9 Å². The highest BCUT2D eigenvalue weighted by atomic mass is 35.5. The lowest BCUT2D eigenvalue weighted by Crippen LogP contribution is -2.13. The summed E-state index contributed by atoms with van der Waals surface area (Å²) in [6, 6.07) is 17.5. The number of benzene rings is 2. The summed E-state index contributed by atoms with van der Waals surface area (Å²) < 4.78 is 1.92. The molecule has 2 aromatic carbocycles. The maximum absolute atomic E-state index is 12.7. The van der Waals surface area contributed by atoms with Crippen LogP contribution in [0.5, 0.6) is 0 Å². The summed E-state index contributed by atoms with van der Waals surface area (Å²) in [7, 11) is 0. The minimum absolute atomic E-state index is 0.0338. The van der Waals surface area contributed by atoms with E-state index in [-0.39, 0.29) is 11.8 Å². The van der Waals surface area contributed by atoms with Crippen LogP contribution >= 0.6 is 11.6 Å². The van der Waals surface area contributed by atoms with Crippen molar-refractivity contribution in [1.29, 1.82) is 0 Å². The first-order chi connectivity index (χ1) is 17.0. The minimum Gasteiger partial charge on any atom is -0.377 e. The third kappa shape index (κ3) is 4.35. The minimum atomic E-state index is -0.171. The van der Waals surface area contributed by atoms with Crippen LogP contribution in [0, 0.1) is 6.92 Å². The molecular weight excluding hydrogens is 460 g/mol. The van der Waals surface area contributed by atoms with E-state index in [0.717, 1.165) is 45.5 Å². The van der Waals surface area contributed by atoms with Gasteiger partial charge in [-0.05, 0) is 44.0 Å². The normalized spacial score (nSPS) is 12.2. The first-order valence-electron chi connectivity index (χ1n) is 11.6. The summed E-state index contributed by atoms with van der Waals surface area (Å²) >= 11 is 6.12. The predicted octanol–water partition coefficient (Wildman–Crippen LogP) is 6.46. The van der Waals surface area contributed by atoms with Crippen LogP contribution in [0.1, 0.15) is 54.3 Å². The van der Waals surface area contributed by atoms with Gasteiger partial charge in [-0.25, -0.2) is 9.97 Å². The fourth-order valence-corrected chi connectivity index (χ4v) is 4.52. The Labute approximate surface area is 208 Å². The summed E-state index contributed by atoms with van der Waals surface area (Å²) in [6.07, 6.45) is 2.85. The van der Waals surface area contributed by atoms with Gasteiger partial charge in [0.15, 0.2) is 11.4 Å². The Kier molecular flexibility index (Phi) is 6.17. The second-order valence-corrected chi connectivity index (χ2v) is 9.03. The molecule has 0 saturated heterocycles. The number of ketones is 1. The number of pyridine rings is 1. The number of hydrogen-bond acceptors (Lipinski definition) is 6. The van der Waals surface area contributed by atoms with E-state index in [4.69, 9.17) is 16.6 Å². The first kappa shape index (κ1) is 22.9. The van der Waals surface area contributed by atoms with Gasteiger partial charge in [0, 0.05) is 22.9 Å². The lowest BCUT2D eigenvalue weighted by Gasteiger charge is -2.20. The molecular formula is C27H25ClN6O. The summed E-state index contributed by atoms with van der Waals surface area (Å²) in [5.41, 5.74) is 5.64. The van der Waals surface area contributed by atoms with E-state index in [0.29, 0.717) is 23.0 Å². The summed E-state index contributed by atoms with van der Waals surface area (Å²) in [5.74, 6) is 0.732. The Morgan fingerprint density at radius 1 is 1.11 bits per heavy atom. The molecule has 176 valence electrons. The molecule has 0 bridgehead atoms. The van der Waals surface area contributed by atoms with Gasteiger partial charge in [-0.15, -0.1) is 10.2 Å². The lowest BCUT2D eigenvalue weighted by atomic mass is 10.00. The zero-order valence-electron chi connectivity index (χ0n) is 19.8. The molecule has 3 heterocycles. The van der Waals surface area contributed by atoms with Gasteiger partial charge in [0.2, 0.25) is 0 Å². The molecule has 0 fully saturated rings. The van der Waals surface area contributed by atoms with E-state index in [1.807, 2.05) is 54.6 Å². The molecule has 35 heavy (non-hydrogen) atoms. The number of Topliss-reactive ketones (excluding diaryl/α,β-unsaturated/α-hetero) is 1. The van der Waals surface area contributed by atoms with Crippen LogP contribution in [0.25, 0.3) is 27.9 Å². The van der Waals surface area contributed by atoms with Gasteiger partial charge in [-0.2, -0.15) is 0 Å². The largest absolute Gasteiger partial charge is 0.377 e. The number of nitrogens with one attached hydrogen (secondary N) is 1. The van der Waals surface area contributed by atoms with Crippen molar-refractivity contribution in [3.05, 3.63) is 82.9 Å². The van der Waals surface area contributed by atoms with Crippen molar-refractivity contribution in [2.45, 2.75) is 39.7 Å².